The Morgan fingerprint density at radius 2 is 2.11 bits per heavy atom. The van der Waals surface area contributed by atoms with Crippen LogP contribution in [-0.2, 0) is 0 Å². The van der Waals surface area contributed by atoms with E-state index in [1.54, 1.807) is 0 Å². The number of aliphatic hydroxyl groups is 1. The number of nitrogens with two attached hydrogens (primary N) is 1. The molecule has 19 heavy (non-hydrogen) atoms. The number of benzene rings is 1. The van der Waals surface area contributed by atoms with Crippen LogP contribution in [-0.4, -0.2) is 30.1 Å². The summed E-state index contributed by atoms with van der Waals surface area (Å²) in [6, 6.07) is 6.26. The molecule has 0 unspecified atom stereocenters. The van der Waals surface area contributed by atoms with Crippen LogP contribution in [0.4, 0.5) is 5.69 Å². The summed E-state index contributed by atoms with van der Waals surface area (Å²) in [6.45, 7) is 0.705. The molecule has 0 bridgehead atoms. The molecule has 5 heteroatoms. The van der Waals surface area contributed by atoms with E-state index in [1.165, 1.54) is 12.8 Å². The maximum absolute atomic E-state index is 9.31. The van der Waals surface area contributed by atoms with E-state index in [9.17, 15) is 5.11 Å². The lowest BCUT2D eigenvalue weighted by Crippen LogP contribution is -2.37. The van der Waals surface area contributed by atoms with Crippen molar-refractivity contribution in [3.8, 4) is 0 Å². The SMILES string of the molecule is N=C(N)c1cc(Br)ccc1N(CCO)C1CCCC1. The molecule has 0 spiro atoms. The van der Waals surface area contributed by atoms with Crippen molar-refractivity contribution in [1.82, 2.24) is 0 Å². The van der Waals surface area contributed by atoms with E-state index < -0.39 is 0 Å². The van der Waals surface area contributed by atoms with Crippen LogP contribution < -0.4 is 10.6 Å². The first kappa shape index (κ1) is 14.3. The third kappa shape index (κ3) is 3.28. The summed E-state index contributed by atoms with van der Waals surface area (Å²) in [6.07, 6.45) is 4.76. The molecule has 4 nitrogen and oxygen atoms in total. The second-order valence-corrected chi connectivity index (χ2v) is 5.85. The summed E-state index contributed by atoms with van der Waals surface area (Å²) in [5, 5.41) is 17.0. The normalized spacial score (nSPS) is 15.7. The summed E-state index contributed by atoms with van der Waals surface area (Å²) in [5.41, 5.74) is 7.38. The number of aliphatic hydroxyl groups excluding tert-OH is 1. The molecule has 2 rings (SSSR count). The van der Waals surface area contributed by atoms with E-state index in [-0.39, 0.29) is 12.4 Å². The fraction of sp³-hybridized carbons (Fsp3) is 0.500. The third-order valence-corrected chi connectivity index (χ3v) is 4.16. The van der Waals surface area contributed by atoms with Gasteiger partial charge < -0.3 is 15.7 Å². The number of nitrogen functional groups attached to an aromatic ring is 1. The molecular formula is C14H20BrN3O. The van der Waals surface area contributed by atoms with Gasteiger partial charge in [-0.2, -0.15) is 0 Å². The van der Waals surface area contributed by atoms with Crippen LogP contribution in [0.2, 0.25) is 0 Å². The Labute approximate surface area is 122 Å². The van der Waals surface area contributed by atoms with Crippen molar-refractivity contribution in [2.75, 3.05) is 18.1 Å². The number of nitrogens with one attached hydrogen (secondary N) is 1. The second-order valence-electron chi connectivity index (χ2n) is 4.93. The van der Waals surface area contributed by atoms with Crippen LogP contribution in [0.1, 0.15) is 31.2 Å². The van der Waals surface area contributed by atoms with Crippen molar-refractivity contribution >= 4 is 27.5 Å². The molecule has 1 aromatic rings. The standard InChI is InChI=1S/C14H20BrN3O/c15-10-5-6-13(12(9-10)14(16)17)18(7-8-19)11-3-1-2-4-11/h5-6,9,11,19H,1-4,7-8H2,(H3,16,17). The minimum absolute atomic E-state index is 0.0669. The predicted molar refractivity (Wildman–Crippen MR) is 81.8 cm³/mol. The van der Waals surface area contributed by atoms with Crippen LogP contribution in [0.3, 0.4) is 0 Å². The number of nitrogens with zero attached hydrogens (tertiary/aromatic N) is 1. The number of anilines is 1. The zero-order chi connectivity index (χ0) is 13.8. The van der Waals surface area contributed by atoms with Crippen molar-refractivity contribution in [2.24, 2.45) is 5.73 Å². The van der Waals surface area contributed by atoms with Gasteiger partial charge in [0.25, 0.3) is 0 Å². The minimum Gasteiger partial charge on any atom is -0.395 e. The summed E-state index contributed by atoms with van der Waals surface area (Å²) in [7, 11) is 0. The van der Waals surface area contributed by atoms with E-state index in [2.05, 4.69) is 20.8 Å². The molecule has 1 fully saturated rings. The molecule has 1 aliphatic rings. The highest BCUT2D eigenvalue weighted by atomic mass is 79.9. The van der Waals surface area contributed by atoms with Gasteiger partial charge in [0.2, 0.25) is 0 Å². The minimum atomic E-state index is 0.0669. The van der Waals surface area contributed by atoms with Crippen molar-refractivity contribution in [2.45, 2.75) is 31.7 Å². The van der Waals surface area contributed by atoms with Gasteiger partial charge in [0.1, 0.15) is 5.84 Å². The van der Waals surface area contributed by atoms with Crippen LogP contribution in [0.15, 0.2) is 22.7 Å². The van der Waals surface area contributed by atoms with E-state index in [0.29, 0.717) is 12.6 Å². The van der Waals surface area contributed by atoms with E-state index in [4.69, 9.17) is 11.1 Å². The Hall–Kier alpha value is -1.07. The number of hydrogen-bond donors (Lipinski definition) is 3. The molecule has 0 amide bonds. The highest BCUT2D eigenvalue weighted by Gasteiger charge is 2.24. The maximum atomic E-state index is 9.31. The Morgan fingerprint density at radius 1 is 1.42 bits per heavy atom. The van der Waals surface area contributed by atoms with Crippen molar-refractivity contribution in [1.29, 1.82) is 5.41 Å². The Kier molecular flexibility index (Phi) is 4.82. The highest BCUT2D eigenvalue weighted by molar-refractivity contribution is 9.10. The number of rotatable bonds is 5. The first-order valence-corrected chi connectivity index (χ1v) is 7.44. The first-order valence-electron chi connectivity index (χ1n) is 6.65. The Balaban J connectivity index is 2.37. The molecule has 0 aromatic heterocycles. The van der Waals surface area contributed by atoms with Crippen LogP contribution in [0.25, 0.3) is 0 Å². The molecule has 1 aromatic carbocycles. The quantitative estimate of drug-likeness (QED) is 0.575. The molecule has 104 valence electrons. The van der Waals surface area contributed by atoms with E-state index >= 15 is 0 Å². The summed E-state index contributed by atoms with van der Waals surface area (Å²) < 4.78 is 0.914. The summed E-state index contributed by atoms with van der Waals surface area (Å²) in [4.78, 5) is 2.20. The van der Waals surface area contributed by atoms with Gasteiger partial charge in [-0.25, -0.2) is 0 Å². The fourth-order valence-electron chi connectivity index (χ4n) is 2.80. The molecule has 0 atom stereocenters. The van der Waals surface area contributed by atoms with Gasteiger partial charge in [-0.1, -0.05) is 28.8 Å². The number of hydrogen-bond acceptors (Lipinski definition) is 3. The fourth-order valence-corrected chi connectivity index (χ4v) is 3.16. The molecule has 1 aliphatic carbocycles. The molecular weight excluding hydrogens is 306 g/mol. The van der Waals surface area contributed by atoms with Crippen molar-refractivity contribution in [3.63, 3.8) is 0 Å². The smallest absolute Gasteiger partial charge is 0.124 e. The number of amidine groups is 1. The lowest BCUT2D eigenvalue weighted by atomic mass is 10.1. The molecule has 4 N–H and O–H groups in total. The second kappa shape index (κ2) is 6.39. The van der Waals surface area contributed by atoms with Crippen molar-refractivity contribution < 1.29 is 5.11 Å². The molecule has 0 radical (unpaired) electrons. The summed E-state index contributed by atoms with van der Waals surface area (Å²) >= 11 is 3.42. The average molecular weight is 326 g/mol. The molecule has 1 saturated carbocycles. The van der Waals surface area contributed by atoms with Gasteiger partial charge in [-0.3, -0.25) is 5.41 Å². The number of halogens is 1. The van der Waals surface area contributed by atoms with E-state index in [0.717, 1.165) is 28.6 Å². The van der Waals surface area contributed by atoms with Gasteiger partial charge in [-0.15, -0.1) is 0 Å². The highest BCUT2D eigenvalue weighted by Crippen LogP contribution is 2.31. The van der Waals surface area contributed by atoms with Gasteiger partial charge in [0.05, 0.1) is 6.61 Å². The van der Waals surface area contributed by atoms with Crippen LogP contribution in [0, 0.1) is 5.41 Å². The third-order valence-electron chi connectivity index (χ3n) is 3.66. The maximum Gasteiger partial charge on any atom is 0.124 e. The average Bonchev–Trinajstić information content (AvgIpc) is 2.90. The zero-order valence-corrected chi connectivity index (χ0v) is 12.5. The predicted octanol–water partition coefficient (Wildman–Crippen LogP) is 2.47. The largest absolute Gasteiger partial charge is 0.395 e. The monoisotopic (exact) mass is 325 g/mol. The molecule has 0 heterocycles. The topological polar surface area (TPSA) is 73.3 Å². The first-order chi connectivity index (χ1) is 9.13. The lowest BCUT2D eigenvalue weighted by Gasteiger charge is -2.32. The van der Waals surface area contributed by atoms with Gasteiger partial charge in [0, 0.05) is 28.3 Å². The van der Waals surface area contributed by atoms with Gasteiger partial charge in [-0.05, 0) is 31.0 Å². The molecule has 0 saturated heterocycles. The molecule has 0 aliphatic heterocycles. The Morgan fingerprint density at radius 3 is 2.68 bits per heavy atom. The Bertz CT molecular complexity index is 458. The van der Waals surface area contributed by atoms with Crippen molar-refractivity contribution in [3.05, 3.63) is 28.2 Å². The van der Waals surface area contributed by atoms with Gasteiger partial charge in [0.15, 0.2) is 0 Å². The summed E-state index contributed by atoms with van der Waals surface area (Å²) in [5.74, 6) is 0.0669. The lowest BCUT2D eigenvalue weighted by molar-refractivity contribution is 0.297. The van der Waals surface area contributed by atoms with Crippen LogP contribution >= 0.6 is 15.9 Å². The van der Waals surface area contributed by atoms with E-state index in [1.807, 2.05) is 18.2 Å². The van der Waals surface area contributed by atoms with Gasteiger partial charge >= 0.3 is 0 Å². The zero-order valence-electron chi connectivity index (χ0n) is 10.9. The van der Waals surface area contributed by atoms with Crippen LogP contribution in [0.5, 0.6) is 0 Å².